The van der Waals surface area contributed by atoms with Gasteiger partial charge in [-0.15, -0.1) is 0 Å². The van der Waals surface area contributed by atoms with Crippen molar-refractivity contribution in [3.05, 3.63) is 41.6 Å². The van der Waals surface area contributed by atoms with E-state index in [0.717, 1.165) is 5.69 Å². The van der Waals surface area contributed by atoms with Gasteiger partial charge in [0.1, 0.15) is 0 Å². The summed E-state index contributed by atoms with van der Waals surface area (Å²) in [7, 11) is 3.91. The van der Waals surface area contributed by atoms with Crippen LogP contribution in [0.3, 0.4) is 0 Å². The van der Waals surface area contributed by atoms with E-state index in [-0.39, 0.29) is 0 Å². The van der Waals surface area contributed by atoms with E-state index in [1.807, 2.05) is 31.1 Å². The van der Waals surface area contributed by atoms with Crippen LogP contribution >= 0.6 is 11.6 Å². The molecule has 2 aromatic rings. The Bertz CT molecular complexity index is 540. The van der Waals surface area contributed by atoms with Gasteiger partial charge in [0, 0.05) is 38.1 Å². The minimum atomic E-state index is 0.460. The zero-order valence-electron chi connectivity index (χ0n) is 10.2. The minimum Gasteiger partial charge on any atom is -0.437 e. The maximum absolute atomic E-state index is 5.87. The summed E-state index contributed by atoms with van der Waals surface area (Å²) in [4.78, 5) is 6.04. The predicted octanol–water partition coefficient (Wildman–Crippen LogP) is 3.18. The molecule has 1 heterocycles. The van der Waals surface area contributed by atoms with Gasteiger partial charge in [-0.25, -0.2) is 4.98 Å². The first kappa shape index (κ1) is 12.5. The molecule has 0 aliphatic rings. The smallest absolute Gasteiger partial charge is 0.219 e. The highest BCUT2D eigenvalue weighted by Crippen LogP contribution is 2.30. The zero-order valence-corrected chi connectivity index (χ0v) is 11.0. The Kier molecular flexibility index (Phi) is 3.58. The van der Waals surface area contributed by atoms with E-state index in [1.165, 1.54) is 6.20 Å². The molecule has 0 saturated carbocycles. The van der Waals surface area contributed by atoms with Crippen molar-refractivity contribution in [2.24, 2.45) is 0 Å². The van der Waals surface area contributed by atoms with E-state index in [0.29, 0.717) is 22.3 Å². The van der Waals surface area contributed by atoms with Crippen molar-refractivity contribution in [2.75, 3.05) is 24.7 Å². The van der Waals surface area contributed by atoms with Gasteiger partial charge in [-0.3, -0.25) is 0 Å². The summed E-state index contributed by atoms with van der Waals surface area (Å²) >= 11 is 5.76. The Morgan fingerprint density at radius 1 is 1.22 bits per heavy atom. The first-order valence-corrected chi connectivity index (χ1v) is 5.80. The Balaban J connectivity index is 2.27. The molecule has 0 aliphatic carbocycles. The number of benzene rings is 1. The maximum Gasteiger partial charge on any atom is 0.219 e. The van der Waals surface area contributed by atoms with Crippen LogP contribution in [0.1, 0.15) is 0 Å². The molecule has 2 N–H and O–H groups in total. The molecule has 0 spiro atoms. The minimum absolute atomic E-state index is 0.460. The number of halogens is 1. The molecule has 1 aromatic heterocycles. The summed E-state index contributed by atoms with van der Waals surface area (Å²) in [5.41, 5.74) is 7.44. The van der Waals surface area contributed by atoms with Crippen LogP contribution in [0.2, 0.25) is 5.02 Å². The van der Waals surface area contributed by atoms with Crippen molar-refractivity contribution in [3.8, 4) is 11.6 Å². The molecule has 0 amide bonds. The van der Waals surface area contributed by atoms with E-state index < -0.39 is 0 Å². The van der Waals surface area contributed by atoms with Crippen molar-refractivity contribution < 1.29 is 4.74 Å². The van der Waals surface area contributed by atoms with Crippen LogP contribution in [-0.2, 0) is 0 Å². The van der Waals surface area contributed by atoms with Crippen LogP contribution in [0.25, 0.3) is 0 Å². The highest BCUT2D eigenvalue weighted by atomic mass is 35.5. The monoisotopic (exact) mass is 263 g/mol. The second-order valence-corrected chi connectivity index (χ2v) is 4.47. The fourth-order valence-electron chi connectivity index (χ4n) is 1.42. The lowest BCUT2D eigenvalue weighted by Gasteiger charge is -2.15. The number of nitrogens with zero attached hydrogens (tertiary/aromatic N) is 2. The van der Waals surface area contributed by atoms with Gasteiger partial charge in [-0.05, 0) is 18.2 Å². The van der Waals surface area contributed by atoms with E-state index >= 15 is 0 Å². The molecular formula is C13H14ClN3O. The summed E-state index contributed by atoms with van der Waals surface area (Å²) in [6.45, 7) is 0. The number of aromatic nitrogens is 1. The molecule has 0 bridgehead atoms. The average Bonchev–Trinajstić information content (AvgIpc) is 2.34. The van der Waals surface area contributed by atoms with Crippen LogP contribution < -0.4 is 15.4 Å². The van der Waals surface area contributed by atoms with Gasteiger partial charge in [-0.1, -0.05) is 11.6 Å². The van der Waals surface area contributed by atoms with Crippen LogP contribution in [0.15, 0.2) is 36.5 Å². The maximum atomic E-state index is 5.87. The fraction of sp³-hybridized carbons (Fsp3) is 0.154. The lowest BCUT2D eigenvalue weighted by atomic mass is 10.2. The summed E-state index contributed by atoms with van der Waals surface area (Å²) in [5, 5.41) is 0.567. The fourth-order valence-corrected chi connectivity index (χ4v) is 1.54. The first-order valence-electron chi connectivity index (χ1n) is 5.42. The second kappa shape index (κ2) is 5.14. The number of rotatable bonds is 3. The van der Waals surface area contributed by atoms with Gasteiger partial charge < -0.3 is 15.4 Å². The SMILES string of the molecule is CN(C)c1ccc(N)c(Oc2ccc(Cl)cn2)c1. The van der Waals surface area contributed by atoms with Gasteiger partial charge in [0.15, 0.2) is 5.75 Å². The quantitative estimate of drug-likeness (QED) is 0.864. The average molecular weight is 264 g/mol. The van der Waals surface area contributed by atoms with Crippen molar-refractivity contribution >= 4 is 23.0 Å². The van der Waals surface area contributed by atoms with Crippen molar-refractivity contribution in [1.29, 1.82) is 0 Å². The van der Waals surface area contributed by atoms with Gasteiger partial charge >= 0.3 is 0 Å². The molecule has 0 aliphatic heterocycles. The highest BCUT2D eigenvalue weighted by molar-refractivity contribution is 6.30. The number of hydrogen-bond acceptors (Lipinski definition) is 4. The van der Waals surface area contributed by atoms with Crippen LogP contribution in [0, 0.1) is 0 Å². The molecule has 0 unspecified atom stereocenters. The third-order valence-electron chi connectivity index (χ3n) is 2.43. The van der Waals surface area contributed by atoms with Crippen molar-refractivity contribution in [1.82, 2.24) is 4.98 Å². The number of hydrogen-bond donors (Lipinski definition) is 1. The summed E-state index contributed by atoms with van der Waals surface area (Å²) in [5.74, 6) is 1.04. The zero-order chi connectivity index (χ0) is 13.1. The molecule has 0 fully saturated rings. The number of pyridine rings is 1. The summed E-state index contributed by atoms with van der Waals surface area (Å²) in [6, 6.07) is 9.02. The number of nitrogen functional groups attached to an aromatic ring is 1. The van der Waals surface area contributed by atoms with Crippen molar-refractivity contribution in [2.45, 2.75) is 0 Å². The Labute approximate surface area is 111 Å². The molecule has 0 radical (unpaired) electrons. The molecule has 18 heavy (non-hydrogen) atoms. The van der Waals surface area contributed by atoms with Crippen LogP contribution in [-0.4, -0.2) is 19.1 Å². The molecule has 0 saturated heterocycles. The predicted molar refractivity (Wildman–Crippen MR) is 74.5 cm³/mol. The largest absolute Gasteiger partial charge is 0.437 e. The van der Waals surface area contributed by atoms with Gasteiger partial charge in [0.25, 0.3) is 0 Å². The summed E-state index contributed by atoms with van der Waals surface area (Å²) < 4.78 is 5.63. The number of nitrogens with two attached hydrogens (primary N) is 1. The van der Waals surface area contributed by atoms with E-state index in [1.54, 1.807) is 18.2 Å². The van der Waals surface area contributed by atoms with Gasteiger partial charge in [-0.2, -0.15) is 0 Å². The molecule has 1 aromatic carbocycles. The Morgan fingerprint density at radius 3 is 2.61 bits per heavy atom. The topological polar surface area (TPSA) is 51.4 Å². The number of ether oxygens (including phenoxy) is 1. The van der Waals surface area contributed by atoms with Gasteiger partial charge in [0.2, 0.25) is 5.88 Å². The molecule has 5 heteroatoms. The second-order valence-electron chi connectivity index (χ2n) is 4.03. The first-order chi connectivity index (χ1) is 8.56. The van der Waals surface area contributed by atoms with Crippen LogP contribution in [0.4, 0.5) is 11.4 Å². The molecule has 4 nitrogen and oxygen atoms in total. The Hall–Kier alpha value is -1.94. The lowest BCUT2D eigenvalue weighted by Crippen LogP contribution is -2.08. The van der Waals surface area contributed by atoms with Crippen LogP contribution in [0.5, 0.6) is 11.6 Å². The third-order valence-corrected chi connectivity index (χ3v) is 2.65. The normalized spacial score (nSPS) is 10.2. The molecular weight excluding hydrogens is 250 g/mol. The molecule has 2 rings (SSSR count). The van der Waals surface area contributed by atoms with Crippen molar-refractivity contribution in [3.63, 3.8) is 0 Å². The third kappa shape index (κ3) is 2.84. The van der Waals surface area contributed by atoms with Gasteiger partial charge in [0.05, 0.1) is 10.7 Å². The van der Waals surface area contributed by atoms with E-state index in [4.69, 9.17) is 22.1 Å². The summed E-state index contributed by atoms with van der Waals surface area (Å²) in [6.07, 6.45) is 1.53. The highest BCUT2D eigenvalue weighted by Gasteiger charge is 2.06. The molecule has 0 atom stereocenters. The van der Waals surface area contributed by atoms with E-state index in [2.05, 4.69) is 4.98 Å². The number of anilines is 2. The standard InChI is InChI=1S/C13H14ClN3O/c1-17(2)10-4-5-11(15)12(7-10)18-13-6-3-9(14)8-16-13/h3-8H,15H2,1-2H3. The molecule has 94 valence electrons. The Morgan fingerprint density at radius 2 is 2.00 bits per heavy atom. The lowest BCUT2D eigenvalue weighted by molar-refractivity contribution is 0.465. The van der Waals surface area contributed by atoms with E-state index in [9.17, 15) is 0 Å².